The molecule has 0 bridgehead atoms. The molecule has 0 aromatic heterocycles. The normalized spacial score (nSPS) is 14.0. The molecule has 0 atom stereocenters. The number of hydrogen-bond donors (Lipinski definition) is 1. The van der Waals surface area contributed by atoms with Gasteiger partial charge in [0.2, 0.25) is 0 Å². The predicted octanol–water partition coefficient (Wildman–Crippen LogP) is 5.97. The van der Waals surface area contributed by atoms with Crippen molar-refractivity contribution in [3.05, 3.63) is 51.2 Å². The number of carbonyl (C=O) groups is 1. The Balaban J connectivity index is 2.18. The van der Waals surface area contributed by atoms with Crippen LogP contribution in [0.4, 0.5) is 0 Å². The van der Waals surface area contributed by atoms with E-state index in [0.29, 0.717) is 35.3 Å². The molecule has 0 saturated heterocycles. The molecule has 5 nitrogen and oxygen atoms in total. The summed E-state index contributed by atoms with van der Waals surface area (Å²) < 4.78 is 42.4. The van der Waals surface area contributed by atoms with Gasteiger partial charge in [-0.2, -0.15) is 8.42 Å². The molecular weight excluding hydrogens is 733 g/mol. The number of rotatable bonds is 4. The Labute approximate surface area is 211 Å². The zero-order valence-corrected chi connectivity index (χ0v) is 23.0. The largest absolute Gasteiger partial charge is 0.422 e. The van der Waals surface area contributed by atoms with Crippen molar-refractivity contribution in [2.24, 2.45) is 0 Å². The summed E-state index contributed by atoms with van der Waals surface area (Å²) in [7, 11) is -4.36. The summed E-state index contributed by atoms with van der Waals surface area (Å²) in [6, 6.07) is 5.25. The second kappa shape index (κ2) is 9.25. The van der Waals surface area contributed by atoms with E-state index in [-0.39, 0.29) is 10.8 Å². The summed E-state index contributed by atoms with van der Waals surface area (Å²) in [6.45, 7) is 3.82. The average Bonchev–Trinajstić information content (AvgIpc) is 2.63. The van der Waals surface area contributed by atoms with Crippen molar-refractivity contribution in [3.8, 4) is 5.75 Å². The lowest BCUT2D eigenvalue weighted by Gasteiger charge is -2.25. The SMILES string of the molecule is CC(C)c1cc(S(=O)(=O)O)c2c(c1OC(=O)c1cc(I)cc(I)c1I)CCCC2. The van der Waals surface area contributed by atoms with Crippen LogP contribution in [0, 0.1) is 10.7 Å². The quantitative estimate of drug-likeness (QED) is 0.137. The number of carbonyl (C=O) groups excluding carboxylic acids is 1. The van der Waals surface area contributed by atoms with Crippen molar-refractivity contribution in [2.75, 3.05) is 0 Å². The maximum absolute atomic E-state index is 13.1. The number of fused-ring (bicyclic) bond motifs is 1. The van der Waals surface area contributed by atoms with Gasteiger partial charge < -0.3 is 4.74 Å². The van der Waals surface area contributed by atoms with Gasteiger partial charge in [0, 0.05) is 10.7 Å². The van der Waals surface area contributed by atoms with Gasteiger partial charge in [-0.25, -0.2) is 4.79 Å². The van der Waals surface area contributed by atoms with Crippen molar-refractivity contribution >= 4 is 83.9 Å². The second-order valence-electron chi connectivity index (χ2n) is 7.23. The first-order chi connectivity index (χ1) is 13.5. The lowest BCUT2D eigenvalue weighted by Crippen LogP contribution is -2.18. The molecule has 0 unspecified atom stereocenters. The summed E-state index contributed by atoms with van der Waals surface area (Å²) in [4.78, 5) is 13.0. The minimum Gasteiger partial charge on any atom is -0.422 e. The minimum atomic E-state index is -4.36. The first kappa shape index (κ1) is 23.7. The Morgan fingerprint density at radius 1 is 1.07 bits per heavy atom. The molecule has 156 valence electrons. The fourth-order valence-electron chi connectivity index (χ4n) is 3.53. The minimum absolute atomic E-state index is 0.0610. The smallest absolute Gasteiger partial charge is 0.344 e. The Kier molecular flexibility index (Phi) is 7.55. The van der Waals surface area contributed by atoms with Crippen molar-refractivity contribution in [1.82, 2.24) is 0 Å². The predicted molar refractivity (Wildman–Crippen MR) is 137 cm³/mol. The van der Waals surface area contributed by atoms with E-state index >= 15 is 0 Å². The van der Waals surface area contributed by atoms with Gasteiger partial charge in [0.1, 0.15) is 5.75 Å². The Bertz CT molecular complexity index is 1090. The molecule has 1 N–H and O–H groups in total. The summed E-state index contributed by atoms with van der Waals surface area (Å²) in [6.07, 6.45) is 2.85. The van der Waals surface area contributed by atoms with E-state index in [1.54, 1.807) is 6.07 Å². The average molecular weight is 752 g/mol. The molecule has 0 heterocycles. The van der Waals surface area contributed by atoms with E-state index in [9.17, 15) is 17.8 Å². The van der Waals surface area contributed by atoms with Gasteiger partial charge in [0.15, 0.2) is 0 Å². The number of benzene rings is 2. The fraction of sp³-hybridized carbons (Fsp3) is 0.350. The third-order valence-corrected chi connectivity index (χ3v) is 9.48. The highest BCUT2D eigenvalue weighted by atomic mass is 127. The van der Waals surface area contributed by atoms with Crippen molar-refractivity contribution in [2.45, 2.75) is 50.3 Å². The lowest BCUT2D eigenvalue weighted by atomic mass is 9.87. The van der Waals surface area contributed by atoms with Crippen LogP contribution in [0.2, 0.25) is 0 Å². The number of hydrogen-bond acceptors (Lipinski definition) is 4. The second-order valence-corrected chi connectivity index (χ2v) is 12.1. The van der Waals surface area contributed by atoms with Gasteiger partial charge in [-0.1, -0.05) is 13.8 Å². The molecule has 0 spiro atoms. The standard InChI is InChI=1S/C20H19I3O5S/c1-10(2)14-9-17(29(25,26)27)12-5-3-4-6-13(12)19(14)28-20(24)15-7-11(21)8-16(22)18(15)23/h7-10H,3-6H2,1-2H3,(H,25,26,27). The maximum Gasteiger partial charge on any atom is 0.344 e. The van der Waals surface area contributed by atoms with Crippen LogP contribution in [-0.2, 0) is 23.0 Å². The third kappa shape index (κ3) is 5.09. The molecule has 0 saturated carbocycles. The van der Waals surface area contributed by atoms with Gasteiger partial charge in [0.05, 0.1) is 10.5 Å². The highest BCUT2D eigenvalue weighted by Crippen LogP contribution is 2.41. The number of ether oxygens (including phenoxy) is 1. The molecule has 1 aliphatic rings. The highest BCUT2D eigenvalue weighted by Gasteiger charge is 2.29. The van der Waals surface area contributed by atoms with Gasteiger partial charge in [-0.05, 0) is 134 Å². The van der Waals surface area contributed by atoms with E-state index in [1.807, 2.05) is 19.9 Å². The van der Waals surface area contributed by atoms with Crippen LogP contribution in [0.25, 0.3) is 0 Å². The molecule has 2 aromatic rings. The fourth-order valence-corrected chi connectivity index (χ4v) is 6.72. The highest BCUT2D eigenvalue weighted by molar-refractivity contribution is 14.1. The molecule has 0 radical (unpaired) electrons. The molecule has 29 heavy (non-hydrogen) atoms. The molecule has 0 aliphatic heterocycles. The van der Waals surface area contributed by atoms with Crippen LogP contribution >= 0.6 is 67.8 Å². The summed E-state index contributed by atoms with van der Waals surface area (Å²) in [5.74, 6) is -0.0995. The monoisotopic (exact) mass is 752 g/mol. The molecular formula is C20H19I3O5S. The van der Waals surface area contributed by atoms with Crippen LogP contribution < -0.4 is 4.74 Å². The summed E-state index contributed by atoms with van der Waals surface area (Å²) in [5.41, 5.74) is 2.39. The zero-order chi connectivity index (χ0) is 21.5. The lowest BCUT2D eigenvalue weighted by molar-refractivity contribution is 0.0729. The molecule has 0 fully saturated rings. The molecule has 3 rings (SSSR count). The van der Waals surface area contributed by atoms with E-state index in [1.165, 1.54) is 6.07 Å². The van der Waals surface area contributed by atoms with Crippen molar-refractivity contribution in [1.29, 1.82) is 0 Å². The maximum atomic E-state index is 13.1. The van der Waals surface area contributed by atoms with E-state index in [2.05, 4.69) is 67.8 Å². The van der Waals surface area contributed by atoms with Gasteiger partial charge >= 0.3 is 5.97 Å². The van der Waals surface area contributed by atoms with E-state index < -0.39 is 16.1 Å². The van der Waals surface area contributed by atoms with Crippen LogP contribution in [0.1, 0.15) is 59.7 Å². The van der Waals surface area contributed by atoms with E-state index in [0.717, 1.165) is 29.1 Å². The van der Waals surface area contributed by atoms with Crippen molar-refractivity contribution < 1.29 is 22.5 Å². The Morgan fingerprint density at radius 2 is 1.69 bits per heavy atom. The number of esters is 1. The third-order valence-electron chi connectivity index (χ3n) is 4.90. The van der Waals surface area contributed by atoms with Gasteiger partial charge in [-0.15, -0.1) is 0 Å². The van der Waals surface area contributed by atoms with Crippen molar-refractivity contribution in [3.63, 3.8) is 0 Å². The summed E-state index contributed by atoms with van der Waals surface area (Å²) in [5, 5.41) is 0. The van der Waals surface area contributed by atoms with Crippen LogP contribution in [0.5, 0.6) is 5.75 Å². The Morgan fingerprint density at radius 3 is 2.28 bits per heavy atom. The molecule has 2 aromatic carbocycles. The molecule has 0 amide bonds. The molecule has 1 aliphatic carbocycles. The van der Waals surface area contributed by atoms with E-state index in [4.69, 9.17) is 4.74 Å². The number of halogens is 3. The van der Waals surface area contributed by atoms with Gasteiger partial charge in [-0.3, -0.25) is 4.55 Å². The van der Waals surface area contributed by atoms with Gasteiger partial charge in [0.25, 0.3) is 10.1 Å². The van der Waals surface area contributed by atoms with Crippen LogP contribution in [-0.4, -0.2) is 18.9 Å². The first-order valence-electron chi connectivity index (χ1n) is 9.03. The van der Waals surface area contributed by atoms with Crippen LogP contribution in [0.15, 0.2) is 23.1 Å². The Hall–Kier alpha value is 0.0100. The topological polar surface area (TPSA) is 80.7 Å². The summed E-state index contributed by atoms with van der Waals surface area (Å²) >= 11 is 6.49. The first-order valence-corrected chi connectivity index (χ1v) is 13.7. The van der Waals surface area contributed by atoms with Crippen LogP contribution in [0.3, 0.4) is 0 Å². The molecule has 9 heteroatoms. The zero-order valence-electron chi connectivity index (χ0n) is 15.8.